The Balaban J connectivity index is 2.37. The molecule has 0 bridgehead atoms. The van der Waals surface area contributed by atoms with Crippen LogP contribution >= 0.6 is 0 Å². The van der Waals surface area contributed by atoms with E-state index in [1.807, 2.05) is 6.92 Å². The highest BCUT2D eigenvalue weighted by molar-refractivity contribution is 5.31. The Morgan fingerprint density at radius 2 is 2.05 bits per heavy atom. The van der Waals surface area contributed by atoms with Gasteiger partial charge < -0.3 is 9.67 Å². The van der Waals surface area contributed by atoms with Crippen molar-refractivity contribution in [1.82, 2.24) is 9.55 Å². The van der Waals surface area contributed by atoms with Crippen molar-refractivity contribution in [3.63, 3.8) is 0 Å². The average Bonchev–Trinajstić information content (AvgIpc) is 2.84. The first-order chi connectivity index (χ1) is 9.34. The van der Waals surface area contributed by atoms with Gasteiger partial charge in [0.15, 0.2) is 0 Å². The molecular weight excluding hydrogens is 276 g/mol. The summed E-state index contributed by atoms with van der Waals surface area (Å²) >= 11 is 0. The van der Waals surface area contributed by atoms with Crippen LogP contribution in [0.4, 0.5) is 17.6 Å². The van der Waals surface area contributed by atoms with Crippen LogP contribution in [0.2, 0.25) is 0 Å². The number of aliphatic hydroxyl groups is 1. The zero-order valence-corrected chi connectivity index (χ0v) is 10.5. The molecule has 3 nitrogen and oxygen atoms in total. The molecule has 1 unspecified atom stereocenters. The number of aliphatic hydroxyl groups excluding tert-OH is 1. The predicted molar refractivity (Wildman–Crippen MR) is 63.4 cm³/mol. The Bertz CT molecular complexity index is 607. The molecule has 0 spiro atoms. The number of benzene rings is 1. The molecule has 1 aromatic carbocycles. The van der Waals surface area contributed by atoms with Crippen LogP contribution in [0.1, 0.15) is 29.8 Å². The molecule has 0 aliphatic rings. The molecule has 0 radical (unpaired) electrons. The molecule has 0 fully saturated rings. The first-order valence-electron chi connectivity index (χ1n) is 5.89. The number of imidazole rings is 1. The predicted octanol–water partition coefficient (Wildman–Crippen LogP) is 3.14. The van der Waals surface area contributed by atoms with E-state index in [4.69, 9.17) is 0 Å². The van der Waals surface area contributed by atoms with Crippen molar-refractivity contribution in [3.05, 3.63) is 53.4 Å². The van der Waals surface area contributed by atoms with Crippen molar-refractivity contribution in [1.29, 1.82) is 0 Å². The Kier molecular flexibility index (Phi) is 3.80. The van der Waals surface area contributed by atoms with Crippen LogP contribution in [0.25, 0.3) is 0 Å². The van der Waals surface area contributed by atoms with Gasteiger partial charge in [-0.1, -0.05) is 6.07 Å². The van der Waals surface area contributed by atoms with Gasteiger partial charge in [-0.3, -0.25) is 0 Å². The van der Waals surface area contributed by atoms with Crippen molar-refractivity contribution in [2.75, 3.05) is 0 Å². The minimum absolute atomic E-state index is 0.0469. The fourth-order valence-corrected chi connectivity index (χ4v) is 1.92. The van der Waals surface area contributed by atoms with Crippen LogP contribution in [-0.2, 0) is 12.7 Å². The summed E-state index contributed by atoms with van der Waals surface area (Å²) in [7, 11) is 0. The summed E-state index contributed by atoms with van der Waals surface area (Å²) in [5, 5.41) is 10.1. The van der Waals surface area contributed by atoms with E-state index < -0.39 is 23.7 Å². The molecule has 1 heterocycles. The van der Waals surface area contributed by atoms with E-state index in [2.05, 4.69) is 4.98 Å². The normalized spacial score (nSPS) is 13.5. The minimum atomic E-state index is -4.75. The van der Waals surface area contributed by atoms with E-state index in [1.54, 1.807) is 4.57 Å². The van der Waals surface area contributed by atoms with E-state index in [1.165, 1.54) is 12.5 Å². The van der Waals surface area contributed by atoms with Gasteiger partial charge in [0.2, 0.25) is 0 Å². The Labute approximate surface area is 112 Å². The molecule has 108 valence electrons. The van der Waals surface area contributed by atoms with Crippen LogP contribution in [0, 0.1) is 5.82 Å². The fourth-order valence-electron chi connectivity index (χ4n) is 1.92. The lowest BCUT2D eigenvalue weighted by molar-refractivity contribution is -0.140. The third-order valence-corrected chi connectivity index (χ3v) is 2.98. The largest absolute Gasteiger partial charge is 0.419 e. The third kappa shape index (κ3) is 2.67. The first kappa shape index (κ1) is 14.5. The van der Waals surface area contributed by atoms with Gasteiger partial charge in [-0.25, -0.2) is 9.37 Å². The molecule has 1 aromatic heterocycles. The standard InChI is InChI=1S/C13H12F4N2O/c1-2-19-7-18-6-11(19)12(20)8-3-4-9(10(14)5-8)13(15,16)17/h3-7,12,20H,2H2,1H3. The number of alkyl halides is 3. The van der Waals surface area contributed by atoms with Gasteiger partial charge in [-0.2, -0.15) is 13.2 Å². The average molecular weight is 288 g/mol. The zero-order chi connectivity index (χ0) is 14.9. The second kappa shape index (κ2) is 5.24. The molecular formula is C13H12F4N2O. The molecule has 1 atom stereocenters. The van der Waals surface area contributed by atoms with Crippen LogP contribution in [-0.4, -0.2) is 14.7 Å². The van der Waals surface area contributed by atoms with Gasteiger partial charge in [-0.05, 0) is 24.6 Å². The Morgan fingerprint density at radius 3 is 2.60 bits per heavy atom. The number of hydrogen-bond acceptors (Lipinski definition) is 2. The number of nitrogens with zero attached hydrogens (tertiary/aromatic N) is 2. The number of aryl methyl sites for hydroxylation is 1. The van der Waals surface area contributed by atoms with Gasteiger partial charge in [0.05, 0.1) is 23.8 Å². The summed E-state index contributed by atoms with van der Waals surface area (Å²) in [6, 6.07) is 2.38. The van der Waals surface area contributed by atoms with Crippen LogP contribution < -0.4 is 0 Å². The maximum absolute atomic E-state index is 13.5. The number of halogens is 4. The maximum atomic E-state index is 13.5. The highest BCUT2D eigenvalue weighted by Gasteiger charge is 2.34. The van der Waals surface area contributed by atoms with E-state index in [9.17, 15) is 22.7 Å². The van der Waals surface area contributed by atoms with Gasteiger partial charge in [-0.15, -0.1) is 0 Å². The lowest BCUT2D eigenvalue weighted by atomic mass is 10.0. The fraction of sp³-hybridized carbons (Fsp3) is 0.308. The Hall–Kier alpha value is -1.89. The third-order valence-electron chi connectivity index (χ3n) is 2.98. The SMILES string of the molecule is CCn1cncc1C(O)c1ccc(C(F)(F)F)c(F)c1. The molecule has 0 saturated carbocycles. The van der Waals surface area contributed by atoms with E-state index in [0.29, 0.717) is 24.4 Å². The minimum Gasteiger partial charge on any atom is -0.382 e. The number of rotatable bonds is 3. The molecule has 0 amide bonds. The topological polar surface area (TPSA) is 38.0 Å². The molecule has 0 aliphatic heterocycles. The molecule has 2 aromatic rings. The molecule has 0 aliphatic carbocycles. The van der Waals surface area contributed by atoms with Crippen LogP contribution in [0.5, 0.6) is 0 Å². The van der Waals surface area contributed by atoms with E-state index in [-0.39, 0.29) is 5.56 Å². The Morgan fingerprint density at radius 1 is 1.35 bits per heavy atom. The second-order valence-electron chi connectivity index (χ2n) is 4.24. The second-order valence-corrected chi connectivity index (χ2v) is 4.24. The molecule has 0 saturated heterocycles. The summed E-state index contributed by atoms with van der Waals surface area (Å²) in [6.07, 6.45) is -3.10. The first-order valence-corrected chi connectivity index (χ1v) is 5.89. The summed E-state index contributed by atoms with van der Waals surface area (Å²) in [4.78, 5) is 3.85. The van der Waals surface area contributed by atoms with Crippen LogP contribution in [0.15, 0.2) is 30.7 Å². The maximum Gasteiger partial charge on any atom is 0.419 e. The van der Waals surface area contributed by atoms with Crippen molar-refractivity contribution in [2.45, 2.75) is 25.7 Å². The smallest absolute Gasteiger partial charge is 0.382 e. The monoisotopic (exact) mass is 288 g/mol. The van der Waals surface area contributed by atoms with Crippen molar-refractivity contribution in [3.8, 4) is 0 Å². The molecule has 20 heavy (non-hydrogen) atoms. The van der Waals surface area contributed by atoms with Gasteiger partial charge >= 0.3 is 6.18 Å². The van der Waals surface area contributed by atoms with Gasteiger partial charge in [0.25, 0.3) is 0 Å². The highest BCUT2D eigenvalue weighted by atomic mass is 19.4. The van der Waals surface area contributed by atoms with Crippen molar-refractivity contribution >= 4 is 0 Å². The summed E-state index contributed by atoms with van der Waals surface area (Å²) in [5.41, 5.74) is -0.908. The van der Waals surface area contributed by atoms with E-state index >= 15 is 0 Å². The summed E-state index contributed by atoms with van der Waals surface area (Å²) in [5.74, 6) is -1.41. The summed E-state index contributed by atoms with van der Waals surface area (Å²) in [6.45, 7) is 2.36. The van der Waals surface area contributed by atoms with Crippen molar-refractivity contribution < 1.29 is 22.7 Å². The van der Waals surface area contributed by atoms with E-state index in [0.717, 1.165) is 6.07 Å². The van der Waals surface area contributed by atoms with Crippen molar-refractivity contribution in [2.24, 2.45) is 0 Å². The molecule has 7 heteroatoms. The summed E-state index contributed by atoms with van der Waals surface area (Å²) < 4.78 is 52.5. The zero-order valence-electron chi connectivity index (χ0n) is 10.5. The molecule has 2 rings (SSSR count). The van der Waals surface area contributed by atoms with Crippen LogP contribution in [0.3, 0.4) is 0 Å². The number of aromatic nitrogens is 2. The van der Waals surface area contributed by atoms with Gasteiger partial charge in [0, 0.05) is 6.54 Å². The lowest BCUT2D eigenvalue weighted by Crippen LogP contribution is -2.11. The number of hydrogen-bond donors (Lipinski definition) is 1. The van der Waals surface area contributed by atoms with Gasteiger partial charge in [0.1, 0.15) is 11.9 Å². The molecule has 1 N–H and O–H groups in total. The highest BCUT2D eigenvalue weighted by Crippen LogP contribution is 2.33. The lowest BCUT2D eigenvalue weighted by Gasteiger charge is -2.15. The quantitative estimate of drug-likeness (QED) is 0.881.